The summed E-state index contributed by atoms with van der Waals surface area (Å²) in [5.74, 6) is 0.747. The van der Waals surface area contributed by atoms with Crippen LogP contribution in [0.4, 0.5) is 17.1 Å². The molecule has 0 bridgehead atoms. The van der Waals surface area contributed by atoms with Gasteiger partial charge in [0, 0.05) is 69.1 Å². The molecule has 0 radical (unpaired) electrons. The predicted octanol–water partition coefficient (Wildman–Crippen LogP) is 4.02. The van der Waals surface area contributed by atoms with Crippen LogP contribution in [0.15, 0.2) is 47.7 Å². The quantitative estimate of drug-likeness (QED) is 0.460. The number of anilines is 3. The Morgan fingerprint density at radius 2 is 1.76 bits per heavy atom. The van der Waals surface area contributed by atoms with Crippen LogP contribution in [0.3, 0.4) is 0 Å². The molecule has 0 fully saturated rings. The van der Waals surface area contributed by atoms with Crippen molar-refractivity contribution in [3.05, 3.63) is 58.8 Å². The summed E-state index contributed by atoms with van der Waals surface area (Å²) in [6.45, 7) is 7.52. The number of pyridine rings is 2. The Balaban J connectivity index is 1.71. The first-order valence-electron chi connectivity index (χ1n) is 11.5. The fourth-order valence-electron chi connectivity index (χ4n) is 4.64. The van der Waals surface area contributed by atoms with Gasteiger partial charge in [0.05, 0.1) is 46.8 Å². The van der Waals surface area contributed by atoms with Crippen LogP contribution in [0.2, 0.25) is 0 Å². The van der Waals surface area contributed by atoms with E-state index in [1.165, 1.54) is 0 Å². The molecule has 0 saturated heterocycles. The first-order chi connectivity index (χ1) is 16.2. The molecule has 0 atom stereocenters. The number of ether oxygens (including phenoxy) is 1. The average Bonchev–Trinajstić information content (AvgIpc) is 3.24. The maximum absolute atomic E-state index is 12.7. The first kappa shape index (κ1) is 22.0. The normalized spacial score (nSPS) is 13.6. The summed E-state index contributed by atoms with van der Waals surface area (Å²) in [4.78, 5) is 22.0. The van der Waals surface area contributed by atoms with E-state index in [2.05, 4.69) is 34.1 Å². The largest absolute Gasteiger partial charge is 0.491 e. The maximum Gasteiger partial charge on any atom is 0.253 e. The molecule has 176 valence electrons. The van der Waals surface area contributed by atoms with Gasteiger partial charge in [0.2, 0.25) is 0 Å². The molecule has 0 amide bonds. The van der Waals surface area contributed by atoms with Gasteiger partial charge in [-0.25, -0.2) is 0 Å². The van der Waals surface area contributed by atoms with Crippen molar-refractivity contribution in [1.29, 1.82) is 0 Å². The zero-order valence-corrected chi connectivity index (χ0v) is 20.5. The molecular weight excluding hydrogens is 428 g/mol. The minimum Gasteiger partial charge on any atom is -0.491 e. The van der Waals surface area contributed by atoms with E-state index < -0.39 is 0 Å². The Morgan fingerprint density at radius 3 is 2.47 bits per heavy atom. The summed E-state index contributed by atoms with van der Waals surface area (Å²) >= 11 is 0. The lowest BCUT2D eigenvalue weighted by Gasteiger charge is -2.37. The van der Waals surface area contributed by atoms with Gasteiger partial charge in [-0.1, -0.05) is 0 Å². The van der Waals surface area contributed by atoms with E-state index in [-0.39, 0.29) is 11.7 Å². The average molecular weight is 459 g/mol. The monoisotopic (exact) mass is 458 g/mol. The zero-order chi connectivity index (χ0) is 24.1. The van der Waals surface area contributed by atoms with Crippen molar-refractivity contribution in [3.8, 4) is 17.0 Å². The second kappa shape index (κ2) is 8.20. The summed E-state index contributed by atoms with van der Waals surface area (Å²) in [6, 6.07) is 8.15. The smallest absolute Gasteiger partial charge is 0.253 e. The molecule has 0 saturated carbocycles. The van der Waals surface area contributed by atoms with Crippen LogP contribution in [0.5, 0.6) is 5.75 Å². The van der Waals surface area contributed by atoms with E-state index >= 15 is 0 Å². The lowest BCUT2D eigenvalue weighted by Crippen LogP contribution is -2.37. The van der Waals surface area contributed by atoms with E-state index in [0.29, 0.717) is 5.56 Å². The van der Waals surface area contributed by atoms with Gasteiger partial charge < -0.3 is 19.1 Å². The minimum absolute atomic E-state index is 0.00158. The molecule has 1 aliphatic heterocycles. The molecule has 1 aromatic carbocycles. The standard InChI is InChI=1S/C26H30N6O2/c1-16(2)34-19-10-22-20(9-17(3)26(33)31(22)6)23(11-19)32-8-7-29(4)24-12-21(27-14-25(24)32)18-13-28-30(5)15-18/h9-16H,7-8H2,1-6H3. The summed E-state index contributed by atoms with van der Waals surface area (Å²) in [6.07, 6.45) is 5.76. The summed E-state index contributed by atoms with van der Waals surface area (Å²) in [5.41, 5.74) is 6.58. The van der Waals surface area contributed by atoms with Crippen LogP contribution < -0.4 is 20.1 Å². The van der Waals surface area contributed by atoms with Crippen molar-refractivity contribution in [3.63, 3.8) is 0 Å². The highest BCUT2D eigenvalue weighted by Crippen LogP contribution is 2.42. The lowest BCUT2D eigenvalue weighted by atomic mass is 10.1. The van der Waals surface area contributed by atoms with Crippen LogP contribution in [0, 0.1) is 6.92 Å². The van der Waals surface area contributed by atoms with E-state index in [4.69, 9.17) is 9.72 Å². The van der Waals surface area contributed by atoms with Crippen molar-refractivity contribution in [2.45, 2.75) is 26.9 Å². The van der Waals surface area contributed by atoms with E-state index in [9.17, 15) is 4.79 Å². The maximum atomic E-state index is 12.7. The van der Waals surface area contributed by atoms with E-state index in [1.807, 2.05) is 65.6 Å². The topological polar surface area (TPSA) is 68.4 Å². The lowest BCUT2D eigenvalue weighted by molar-refractivity contribution is 0.243. The SMILES string of the molecule is Cc1cc2c(N3CCN(C)c4cc(-c5cnn(C)c5)ncc43)cc(OC(C)C)cc2n(C)c1=O. The molecule has 8 heteroatoms. The number of nitrogens with zero attached hydrogens (tertiary/aromatic N) is 6. The van der Waals surface area contributed by atoms with Gasteiger partial charge >= 0.3 is 0 Å². The number of aromatic nitrogens is 4. The summed E-state index contributed by atoms with van der Waals surface area (Å²) in [5, 5.41) is 5.30. The fourth-order valence-corrected chi connectivity index (χ4v) is 4.64. The second-order valence-electron chi connectivity index (χ2n) is 9.27. The molecular formula is C26H30N6O2. The Morgan fingerprint density at radius 1 is 0.971 bits per heavy atom. The Labute approximate surface area is 199 Å². The van der Waals surface area contributed by atoms with Gasteiger partial charge in [-0.3, -0.25) is 14.5 Å². The second-order valence-corrected chi connectivity index (χ2v) is 9.27. The van der Waals surface area contributed by atoms with Crippen molar-refractivity contribution in [1.82, 2.24) is 19.3 Å². The molecule has 0 spiro atoms. The number of aryl methyl sites for hydroxylation is 3. The highest BCUT2D eigenvalue weighted by Gasteiger charge is 2.26. The molecule has 34 heavy (non-hydrogen) atoms. The first-order valence-corrected chi connectivity index (χ1v) is 11.5. The van der Waals surface area contributed by atoms with Crippen LogP contribution in [0.1, 0.15) is 19.4 Å². The Kier molecular flexibility index (Phi) is 5.31. The van der Waals surface area contributed by atoms with Crippen LogP contribution >= 0.6 is 0 Å². The highest BCUT2D eigenvalue weighted by molar-refractivity contribution is 5.98. The molecule has 4 aromatic rings. The highest BCUT2D eigenvalue weighted by atomic mass is 16.5. The third kappa shape index (κ3) is 3.69. The number of fused-ring (bicyclic) bond motifs is 2. The van der Waals surface area contributed by atoms with Gasteiger partial charge in [0.25, 0.3) is 5.56 Å². The van der Waals surface area contributed by atoms with Gasteiger partial charge in [-0.2, -0.15) is 5.10 Å². The number of rotatable bonds is 4. The third-order valence-corrected chi connectivity index (χ3v) is 6.36. The van der Waals surface area contributed by atoms with E-state index in [0.717, 1.165) is 58.1 Å². The number of likely N-dealkylation sites (N-methyl/N-ethyl adjacent to an activating group) is 1. The number of benzene rings is 1. The van der Waals surface area contributed by atoms with Gasteiger partial charge in [-0.05, 0) is 32.9 Å². The Hall–Kier alpha value is -3.81. The molecule has 4 heterocycles. The summed E-state index contributed by atoms with van der Waals surface area (Å²) < 4.78 is 9.58. The molecule has 0 unspecified atom stereocenters. The van der Waals surface area contributed by atoms with Crippen molar-refractivity contribution in [2.24, 2.45) is 14.1 Å². The molecule has 3 aromatic heterocycles. The molecule has 5 rings (SSSR count). The molecule has 0 aliphatic carbocycles. The predicted molar refractivity (Wildman–Crippen MR) is 136 cm³/mol. The zero-order valence-electron chi connectivity index (χ0n) is 20.5. The van der Waals surface area contributed by atoms with Gasteiger partial charge in [-0.15, -0.1) is 0 Å². The van der Waals surface area contributed by atoms with Gasteiger partial charge in [0.15, 0.2) is 0 Å². The van der Waals surface area contributed by atoms with Crippen molar-refractivity contribution < 1.29 is 4.74 Å². The molecule has 8 nitrogen and oxygen atoms in total. The van der Waals surface area contributed by atoms with Crippen molar-refractivity contribution >= 4 is 28.0 Å². The number of hydrogen-bond acceptors (Lipinski definition) is 6. The van der Waals surface area contributed by atoms with Gasteiger partial charge in [0.1, 0.15) is 5.75 Å². The third-order valence-electron chi connectivity index (χ3n) is 6.36. The summed E-state index contributed by atoms with van der Waals surface area (Å²) in [7, 11) is 5.83. The van der Waals surface area contributed by atoms with E-state index in [1.54, 1.807) is 9.25 Å². The number of hydrogen-bond donors (Lipinski definition) is 0. The Bertz CT molecular complexity index is 1450. The minimum atomic E-state index is 0.00158. The fraction of sp³-hybridized carbons (Fsp3) is 0.346. The van der Waals surface area contributed by atoms with Crippen LogP contribution in [-0.4, -0.2) is 45.6 Å². The molecule has 0 N–H and O–H groups in total. The van der Waals surface area contributed by atoms with Crippen LogP contribution in [0.25, 0.3) is 22.2 Å². The van der Waals surface area contributed by atoms with Crippen LogP contribution in [-0.2, 0) is 14.1 Å². The van der Waals surface area contributed by atoms with Crippen molar-refractivity contribution in [2.75, 3.05) is 29.9 Å². The molecule has 1 aliphatic rings.